The van der Waals surface area contributed by atoms with Crippen LogP contribution in [-0.4, -0.2) is 75.9 Å². The Hall–Kier alpha value is -0.890. The molecule has 0 aromatic heterocycles. The molecule has 1 saturated heterocycles. The highest BCUT2D eigenvalue weighted by Crippen LogP contribution is 2.05. The van der Waals surface area contributed by atoms with Crippen LogP contribution in [0.5, 0.6) is 0 Å². The molecule has 124 valence electrons. The van der Waals surface area contributed by atoms with Crippen LogP contribution in [0, 0.1) is 0 Å². The van der Waals surface area contributed by atoms with Crippen LogP contribution < -0.4 is 10.6 Å². The van der Waals surface area contributed by atoms with Gasteiger partial charge in [-0.25, -0.2) is 0 Å². The second-order valence-electron chi connectivity index (χ2n) is 4.58. The minimum atomic E-state index is -0.437. The molecule has 2 N–H and O–H groups in total. The standard InChI is InChI=1S/C13H25N3O4.ClH/c1-3-20-9-7-16-6-4-14-11(13(16)18)10-12(17)15-5-8-19-2;/h11,14H,3-10H2,1-2H3,(H,15,17);1H. The summed E-state index contributed by atoms with van der Waals surface area (Å²) in [4.78, 5) is 25.6. The summed E-state index contributed by atoms with van der Waals surface area (Å²) in [5.74, 6) is -0.169. The Balaban J connectivity index is 0.00000400. The molecule has 7 nitrogen and oxygen atoms in total. The highest BCUT2D eigenvalue weighted by atomic mass is 35.5. The first-order valence-corrected chi connectivity index (χ1v) is 7.04. The number of rotatable bonds is 9. The number of hydrogen-bond acceptors (Lipinski definition) is 5. The fraction of sp³-hybridized carbons (Fsp3) is 0.846. The van der Waals surface area contributed by atoms with Crippen LogP contribution in [0.2, 0.25) is 0 Å². The van der Waals surface area contributed by atoms with Crippen molar-refractivity contribution in [2.75, 3.05) is 53.1 Å². The summed E-state index contributed by atoms with van der Waals surface area (Å²) in [7, 11) is 1.58. The van der Waals surface area contributed by atoms with Gasteiger partial charge < -0.3 is 25.0 Å². The van der Waals surface area contributed by atoms with Crippen LogP contribution in [0.3, 0.4) is 0 Å². The number of hydrogen-bond donors (Lipinski definition) is 2. The van der Waals surface area contributed by atoms with Gasteiger partial charge in [0.1, 0.15) is 0 Å². The first kappa shape index (κ1) is 20.1. The molecule has 1 aliphatic rings. The molecule has 0 bridgehead atoms. The van der Waals surface area contributed by atoms with E-state index in [-0.39, 0.29) is 30.6 Å². The zero-order valence-electron chi connectivity index (χ0n) is 12.7. The molecule has 0 aromatic carbocycles. The van der Waals surface area contributed by atoms with Gasteiger partial charge in [0.25, 0.3) is 0 Å². The van der Waals surface area contributed by atoms with E-state index in [4.69, 9.17) is 9.47 Å². The van der Waals surface area contributed by atoms with E-state index in [1.165, 1.54) is 0 Å². The smallest absolute Gasteiger partial charge is 0.240 e. The van der Waals surface area contributed by atoms with Crippen molar-refractivity contribution >= 4 is 24.2 Å². The number of amides is 2. The molecule has 1 unspecified atom stereocenters. The lowest BCUT2D eigenvalue weighted by Gasteiger charge is -2.32. The van der Waals surface area contributed by atoms with Gasteiger partial charge in [0.2, 0.25) is 11.8 Å². The van der Waals surface area contributed by atoms with E-state index in [1.807, 2.05) is 6.92 Å². The highest BCUT2D eigenvalue weighted by molar-refractivity contribution is 5.88. The number of halogens is 1. The van der Waals surface area contributed by atoms with E-state index >= 15 is 0 Å². The number of nitrogens with zero attached hydrogens (tertiary/aromatic N) is 1. The molecule has 1 heterocycles. The zero-order chi connectivity index (χ0) is 14.8. The second-order valence-corrected chi connectivity index (χ2v) is 4.58. The van der Waals surface area contributed by atoms with Crippen molar-refractivity contribution in [2.45, 2.75) is 19.4 Å². The van der Waals surface area contributed by atoms with Crippen molar-refractivity contribution in [3.63, 3.8) is 0 Å². The number of piperazine rings is 1. The monoisotopic (exact) mass is 323 g/mol. The predicted molar refractivity (Wildman–Crippen MR) is 81.6 cm³/mol. The molecule has 0 radical (unpaired) electrons. The first-order valence-electron chi connectivity index (χ1n) is 7.04. The third kappa shape index (κ3) is 7.61. The lowest BCUT2D eigenvalue weighted by molar-refractivity contribution is -0.138. The van der Waals surface area contributed by atoms with E-state index in [0.717, 1.165) is 0 Å². The van der Waals surface area contributed by atoms with Crippen molar-refractivity contribution in [3.8, 4) is 0 Å². The quantitative estimate of drug-likeness (QED) is 0.554. The molecule has 1 aliphatic heterocycles. The third-order valence-electron chi connectivity index (χ3n) is 3.11. The number of carbonyl (C=O) groups is 2. The molecule has 2 amide bonds. The summed E-state index contributed by atoms with van der Waals surface area (Å²) < 4.78 is 10.1. The largest absolute Gasteiger partial charge is 0.383 e. The first-order chi connectivity index (χ1) is 9.69. The average molecular weight is 324 g/mol. The van der Waals surface area contributed by atoms with Gasteiger partial charge in [0.15, 0.2) is 0 Å². The van der Waals surface area contributed by atoms with Crippen LogP contribution >= 0.6 is 12.4 Å². The minimum absolute atomic E-state index is 0. The van der Waals surface area contributed by atoms with Gasteiger partial charge in [-0.15, -0.1) is 12.4 Å². The number of ether oxygens (including phenoxy) is 2. The maximum atomic E-state index is 12.2. The third-order valence-corrected chi connectivity index (χ3v) is 3.11. The number of methoxy groups -OCH3 is 1. The predicted octanol–water partition coefficient (Wildman–Crippen LogP) is -0.602. The van der Waals surface area contributed by atoms with Crippen LogP contribution in [0.1, 0.15) is 13.3 Å². The highest BCUT2D eigenvalue weighted by Gasteiger charge is 2.29. The second kappa shape index (κ2) is 11.7. The molecule has 21 heavy (non-hydrogen) atoms. The van der Waals surface area contributed by atoms with Crippen LogP contribution in [0.4, 0.5) is 0 Å². The molecule has 0 spiro atoms. The molecule has 1 atom stereocenters. The zero-order valence-corrected chi connectivity index (χ0v) is 13.5. The maximum absolute atomic E-state index is 12.2. The molecule has 1 fully saturated rings. The summed E-state index contributed by atoms with van der Waals surface area (Å²) in [6.07, 6.45) is 0.160. The molecular formula is C13H26ClN3O4. The summed E-state index contributed by atoms with van der Waals surface area (Å²) in [5.41, 5.74) is 0. The van der Waals surface area contributed by atoms with Gasteiger partial charge in [-0.2, -0.15) is 0 Å². The van der Waals surface area contributed by atoms with Gasteiger partial charge in [0.05, 0.1) is 25.7 Å². The van der Waals surface area contributed by atoms with Crippen LogP contribution in [0.15, 0.2) is 0 Å². The van der Waals surface area contributed by atoms with E-state index in [1.54, 1.807) is 12.0 Å². The molecule has 8 heteroatoms. The van der Waals surface area contributed by atoms with Crippen molar-refractivity contribution in [2.24, 2.45) is 0 Å². The molecular weight excluding hydrogens is 298 g/mol. The maximum Gasteiger partial charge on any atom is 0.240 e. The Bertz CT molecular complexity index is 318. The average Bonchev–Trinajstić information content (AvgIpc) is 2.43. The lowest BCUT2D eigenvalue weighted by Crippen LogP contribution is -2.56. The Labute approximate surface area is 132 Å². The Kier molecular flexibility index (Phi) is 11.2. The topological polar surface area (TPSA) is 79.9 Å². The van der Waals surface area contributed by atoms with Crippen molar-refractivity contribution in [3.05, 3.63) is 0 Å². The molecule has 0 aromatic rings. The van der Waals surface area contributed by atoms with Gasteiger partial charge >= 0.3 is 0 Å². The van der Waals surface area contributed by atoms with Crippen molar-refractivity contribution in [1.82, 2.24) is 15.5 Å². The lowest BCUT2D eigenvalue weighted by atomic mass is 10.1. The van der Waals surface area contributed by atoms with E-state index in [0.29, 0.717) is 46.0 Å². The number of carbonyl (C=O) groups excluding carboxylic acids is 2. The Morgan fingerprint density at radius 2 is 2.24 bits per heavy atom. The molecule has 1 rings (SSSR count). The SMILES string of the molecule is CCOCCN1CCNC(CC(=O)NCCOC)C1=O.Cl. The van der Waals surface area contributed by atoms with Gasteiger partial charge in [0, 0.05) is 39.9 Å². The summed E-state index contributed by atoms with van der Waals surface area (Å²) in [5, 5.41) is 5.81. The van der Waals surface area contributed by atoms with E-state index in [2.05, 4.69) is 10.6 Å². The number of nitrogens with one attached hydrogen (secondary N) is 2. The van der Waals surface area contributed by atoms with Gasteiger partial charge in [-0.1, -0.05) is 0 Å². The van der Waals surface area contributed by atoms with Gasteiger partial charge in [-0.3, -0.25) is 9.59 Å². The Morgan fingerprint density at radius 1 is 1.48 bits per heavy atom. The van der Waals surface area contributed by atoms with Crippen LogP contribution in [0.25, 0.3) is 0 Å². The summed E-state index contributed by atoms with van der Waals surface area (Å²) >= 11 is 0. The van der Waals surface area contributed by atoms with Gasteiger partial charge in [-0.05, 0) is 6.92 Å². The minimum Gasteiger partial charge on any atom is -0.383 e. The van der Waals surface area contributed by atoms with E-state index < -0.39 is 6.04 Å². The fourth-order valence-electron chi connectivity index (χ4n) is 2.04. The van der Waals surface area contributed by atoms with E-state index in [9.17, 15) is 9.59 Å². The molecule has 0 saturated carbocycles. The summed E-state index contributed by atoms with van der Waals surface area (Å²) in [6, 6.07) is -0.437. The fourth-order valence-corrected chi connectivity index (χ4v) is 2.04. The molecule has 0 aliphatic carbocycles. The van der Waals surface area contributed by atoms with Crippen LogP contribution in [-0.2, 0) is 19.1 Å². The van der Waals surface area contributed by atoms with Crippen molar-refractivity contribution in [1.29, 1.82) is 0 Å². The summed E-state index contributed by atoms with van der Waals surface area (Å²) in [6.45, 7) is 5.98. The Morgan fingerprint density at radius 3 is 2.90 bits per heavy atom. The van der Waals surface area contributed by atoms with Crippen molar-refractivity contribution < 1.29 is 19.1 Å². The normalized spacial score (nSPS) is 18.3.